The van der Waals surface area contributed by atoms with Crippen molar-refractivity contribution in [2.24, 2.45) is 5.16 Å². The molecule has 5 heteroatoms. The van der Waals surface area contributed by atoms with Gasteiger partial charge in [-0.25, -0.2) is 0 Å². The lowest BCUT2D eigenvalue weighted by Crippen LogP contribution is -2.58. The summed E-state index contributed by atoms with van der Waals surface area (Å²) in [6.07, 6.45) is 1.49. The first kappa shape index (κ1) is 27.0. The van der Waals surface area contributed by atoms with E-state index in [-0.39, 0.29) is 11.9 Å². The molecule has 5 nitrogen and oxygen atoms in total. The Labute approximate surface area is 242 Å². The second-order valence-corrected chi connectivity index (χ2v) is 11.6. The molecular formula is C36H36N2O3. The van der Waals surface area contributed by atoms with Crippen molar-refractivity contribution in [1.82, 2.24) is 4.90 Å². The predicted molar refractivity (Wildman–Crippen MR) is 161 cm³/mol. The summed E-state index contributed by atoms with van der Waals surface area (Å²) in [6.45, 7) is 4.22. The summed E-state index contributed by atoms with van der Waals surface area (Å²) < 4.78 is 7.15. The summed E-state index contributed by atoms with van der Waals surface area (Å²) in [7, 11) is 0. The summed E-state index contributed by atoms with van der Waals surface area (Å²) in [4.78, 5) is 22.7. The largest absolute Gasteiger partial charge is 0.382 e. The highest BCUT2D eigenvalue weighted by Gasteiger charge is 2.59. The van der Waals surface area contributed by atoms with Gasteiger partial charge in [0.05, 0.1) is 17.4 Å². The smallest absolute Gasteiger partial charge is 0.269 e. The molecule has 0 bridgehead atoms. The Morgan fingerprint density at radius 2 is 1.24 bits per heavy atom. The Morgan fingerprint density at radius 3 is 1.78 bits per heavy atom. The molecular weight excluding hydrogens is 508 g/mol. The van der Waals surface area contributed by atoms with E-state index in [4.69, 9.17) is 9.57 Å². The molecule has 4 aromatic carbocycles. The fraction of sp³-hybridized carbons (Fsp3) is 0.278. The van der Waals surface area contributed by atoms with E-state index in [1.54, 1.807) is 0 Å². The molecule has 2 aliphatic heterocycles. The number of ether oxygens (including phenoxy) is 1. The normalized spacial score (nSPS) is 20.8. The standard InChI is InChI=1S/C36H36N2O3/c1-35(2)33(23-27-15-7-3-8-16-27)38(34(39)32-24-31(37-40-32)30-21-13-6-14-22-30)36(41-35,25-28-17-9-4-10-18-28)26-29-19-11-5-12-20-29/h3-22,32-33H,23-26H2,1-2H3/t32-,33+/m0/s1. The number of rotatable bonds is 8. The topological polar surface area (TPSA) is 51.1 Å². The van der Waals surface area contributed by atoms with Crippen molar-refractivity contribution >= 4 is 11.6 Å². The Balaban J connectivity index is 1.42. The van der Waals surface area contributed by atoms with Crippen LogP contribution >= 0.6 is 0 Å². The minimum atomic E-state index is -0.915. The minimum absolute atomic E-state index is 0.0851. The maximum Gasteiger partial charge on any atom is 0.269 e. The molecule has 0 unspecified atom stereocenters. The number of oxime groups is 1. The molecule has 2 aliphatic rings. The van der Waals surface area contributed by atoms with Gasteiger partial charge in [0, 0.05) is 19.3 Å². The Kier molecular flexibility index (Phi) is 7.46. The van der Waals surface area contributed by atoms with Crippen LogP contribution in [0.2, 0.25) is 0 Å². The molecule has 41 heavy (non-hydrogen) atoms. The van der Waals surface area contributed by atoms with Gasteiger partial charge in [-0.2, -0.15) is 0 Å². The van der Waals surface area contributed by atoms with Crippen LogP contribution in [0.1, 0.15) is 42.5 Å². The van der Waals surface area contributed by atoms with Gasteiger partial charge in [0.25, 0.3) is 5.91 Å². The van der Waals surface area contributed by atoms with Crippen LogP contribution in [-0.2, 0) is 33.6 Å². The van der Waals surface area contributed by atoms with E-state index in [2.05, 4.69) is 55.4 Å². The van der Waals surface area contributed by atoms with Crippen LogP contribution in [0.25, 0.3) is 0 Å². The van der Waals surface area contributed by atoms with Gasteiger partial charge in [-0.15, -0.1) is 0 Å². The summed E-state index contributed by atoms with van der Waals surface area (Å²) in [6, 6.07) is 40.7. The average molecular weight is 545 g/mol. The van der Waals surface area contributed by atoms with Crippen molar-refractivity contribution in [2.45, 2.75) is 63.0 Å². The fourth-order valence-corrected chi connectivity index (χ4v) is 6.33. The number of hydrogen-bond donors (Lipinski definition) is 0. The summed E-state index contributed by atoms with van der Waals surface area (Å²) in [5, 5.41) is 4.37. The van der Waals surface area contributed by atoms with E-state index >= 15 is 0 Å². The van der Waals surface area contributed by atoms with Gasteiger partial charge in [0.1, 0.15) is 0 Å². The van der Waals surface area contributed by atoms with Gasteiger partial charge < -0.3 is 14.5 Å². The van der Waals surface area contributed by atoms with Crippen molar-refractivity contribution in [3.8, 4) is 0 Å². The molecule has 0 spiro atoms. The lowest BCUT2D eigenvalue weighted by molar-refractivity contribution is -0.167. The molecule has 0 aromatic heterocycles. The molecule has 2 heterocycles. The lowest BCUT2D eigenvalue weighted by Gasteiger charge is -2.40. The van der Waals surface area contributed by atoms with Crippen molar-refractivity contribution < 1.29 is 14.4 Å². The molecule has 4 aromatic rings. The van der Waals surface area contributed by atoms with E-state index in [0.717, 1.165) is 28.0 Å². The molecule has 0 N–H and O–H groups in total. The van der Waals surface area contributed by atoms with Gasteiger partial charge in [-0.1, -0.05) is 126 Å². The van der Waals surface area contributed by atoms with Crippen LogP contribution in [-0.4, -0.2) is 40.0 Å². The lowest BCUT2D eigenvalue weighted by atomic mass is 9.89. The highest BCUT2D eigenvalue weighted by Crippen LogP contribution is 2.45. The minimum Gasteiger partial charge on any atom is -0.382 e. The third-order valence-corrected chi connectivity index (χ3v) is 8.21. The first-order valence-corrected chi connectivity index (χ1v) is 14.4. The zero-order valence-electron chi connectivity index (χ0n) is 23.6. The summed E-state index contributed by atoms with van der Waals surface area (Å²) in [5.41, 5.74) is 3.63. The molecule has 0 radical (unpaired) electrons. The Hall–Kier alpha value is -4.22. The van der Waals surface area contributed by atoms with E-state index in [1.165, 1.54) is 0 Å². The zero-order valence-corrected chi connectivity index (χ0v) is 23.6. The highest BCUT2D eigenvalue weighted by atomic mass is 16.6. The SMILES string of the molecule is CC1(C)OC(Cc2ccccc2)(Cc2ccccc2)N(C(=O)[C@@H]2CC(c3ccccc3)=NO2)[C@@H]1Cc1ccccc1. The summed E-state index contributed by atoms with van der Waals surface area (Å²) >= 11 is 0. The number of hydrogen-bond acceptors (Lipinski definition) is 4. The van der Waals surface area contributed by atoms with E-state index in [0.29, 0.717) is 25.7 Å². The number of amides is 1. The van der Waals surface area contributed by atoms with Crippen molar-refractivity contribution in [1.29, 1.82) is 0 Å². The van der Waals surface area contributed by atoms with Gasteiger partial charge in [-0.05, 0) is 42.5 Å². The number of benzene rings is 4. The molecule has 2 atom stereocenters. The van der Waals surface area contributed by atoms with Crippen LogP contribution in [0.4, 0.5) is 0 Å². The van der Waals surface area contributed by atoms with E-state index < -0.39 is 17.4 Å². The third-order valence-electron chi connectivity index (χ3n) is 8.21. The number of carbonyl (C=O) groups is 1. The zero-order chi connectivity index (χ0) is 28.3. The van der Waals surface area contributed by atoms with Crippen molar-refractivity contribution in [3.63, 3.8) is 0 Å². The van der Waals surface area contributed by atoms with Crippen LogP contribution in [0, 0.1) is 0 Å². The Morgan fingerprint density at radius 1 is 0.756 bits per heavy atom. The van der Waals surface area contributed by atoms with E-state index in [9.17, 15) is 4.79 Å². The van der Waals surface area contributed by atoms with Crippen LogP contribution in [0.5, 0.6) is 0 Å². The predicted octanol–water partition coefficient (Wildman–Crippen LogP) is 6.61. The third kappa shape index (κ3) is 5.68. The molecule has 1 amide bonds. The monoisotopic (exact) mass is 544 g/mol. The Bertz CT molecular complexity index is 1450. The average Bonchev–Trinajstić information content (AvgIpc) is 3.56. The highest BCUT2D eigenvalue weighted by molar-refractivity contribution is 6.04. The molecule has 0 aliphatic carbocycles. The number of carbonyl (C=O) groups excluding carboxylic acids is 1. The van der Waals surface area contributed by atoms with Gasteiger partial charge in [0.15, 0.2) is 5.72 Å². The summed E-state index contributed by atoms with van der Waals surface area (Å²) in [5.74, 6) is -0.0851. The second-order valence-electron chi connectivity index (χ2n) is 11.6. The molecule has 208 valence electrons. The van der Waals surface area contributed by atoms with Crippen LogP contribution in [0.15, 0.2) is 126 Å². The van der Waals surface area contributed by atoms with Crippen molar-refractivity contribution in [2.75, 3.05) is 0 Å². The van der Waals surface area contributed by atoms with Crippen LogP contribution in [0.3, 0.4) is 0 Å². The quantitative estimate of drug-likeness (QED) is 0.251. The maximum atomic E-state index is 14.8. The first-order valence-electron chi connectivity index (χ1n) is 14.4. The van der Waals surface area contributed by atoms with E-state index in [1.807, 2.05) is 89.8 Å². The van der Waals surface area contributed by atoms with Crippen molar-refractivity contribution in [3.05, 3.63) is 144 Å². The molecule has 0 saturated carbocycles. The van der Waals surface area contributed by atoms with Crippen LogP contribution < -0.4 is 0 Å². The molecule has 1 saturated heterocycles. The second kappa shape index (κ2) is 11.3. The van der Waals surface area contributed by atoms with Gasteiger partial charge >= 0.3 is 0 Å². The fourth-order valence-electron chi connectivity index (χ4n) is 6.33. The first-order chi connectivity index (χ1) is 19.9. The van der Waals surface area contributed by atoms with Gasteiger partial charge in [0.2, 0.25) is 6.10 Å². The van der Waals surface area contributed by atoms with Gasteiger partial charge in [-0.3, -0.25) is 4.79 Å². The number of nitrogens with zero attached hydrogens (tertiary/aromatic N) is 2. The molecule has 1 fully saturated rings. The molecule has 6 rings (SSSR count). The maximum absolute atomic E-state index is 14.8.